The molecule has 2 saturated heterocycles. The Hall–Kier alpha value is -0.160. The van der Waals surface area contributed by atoms with Crippen molar-refractivity contribution >= 4 is 0 Å². The molecule has 2 aliphatic rings. The number of piperazine rings is 1. The van der Waals surface area contributed by atoms with Gasteiger partial charge in [-0.3, -0.25) is 4.90 Å². The molecule has 0 amide bonds. The third kappa shape index (κ3) is 4.42. The van der Waals surface area contributed by atoms with E-state index in [0.29, 0.717) is 18.2 Å². The summed E-state index contributed by atoms with van der Waals surface area (Å²) < 4.78 is 5.76. The molecule has 0 bridgehead atoms. The van der Waals surface area contributed by atoms with Crippen molar-refractivity contribution in [3.63, 3.8) is 0 Å². The maximum Gasteiger partial charge on any atom is 0.0576 e. The molecule has 2 fully saturated rings. The van der Waals surface area contributed by atoms with Crippen LogP contribution in [0.25, 0.3) is 0 Å². The molecule has 0 aliphatic carbocycles. The molecule has 19 heavy (non-hydrogen) atoms. The van der Waals surface area contributed by atoms with Gasteiger partial charge >= 0.3 is 0 Å². The first kappa shape index (κ1) is 15.2. The van der Waals surface area contributed by atoms with E-state index < -0.39 is 0 Å². The molecule has 0 saturated carbocycles. The Morgan fingerprint density at radius 2 is 2.16 bits per heavy atom. The molecule has 1 N–H and O–H groups in total. The SMILES string of the molecule is CCNC(CCC1CCCO1)C1CN(C)CCN1C. The fourth-order valence-corrected chi connectivity index (χ4v) is 3.41. The maximum atomic E-state index is 5.76. The highest BCUT2D eigenvalue weighted by Gasteiger charge is 2.30. The Labute approximate surface area is 118 Å². The van der Waals surface area contributed by atoms with Gasteiger partial charge in [0.05, 0.1) is 6.10 Å². The van der Waals surface area contributed by atoms with Crippen LogP contribution < -0.4 is 5.32 Å². The van der Waals surface area contributed by atoms with Gasteiger partial charge < -0.3 is 15.0 Å². The Morgan fingerprint density at radius 1 is 1.32 bits per heavy atom. The molecule has 4 nitrogen and oxygen atoms in total. The monoisotopic (exact) mass is 269 g/mol. The minimum absolute atomic E-state index is 0.521. The van der Waals surface area contributed by atoms with Crippen LogP contribution in [-0.2, 0) is 4.74 Å². The van der Waals surface area contributed by atoms with Crippen LogP contribution in [0, 0.1) is 0 Å². The zero-order chi connectivity index (χ0) is 13.7. The average Bonchev–Trinajstić information content (AvgIpc) is 2.91. The zero-order valence-corrected chi connectivity index (χ0v) is 12.9. The van der Waals surface area contributed by atoms with Crippen LogP contribution in [-0.4, -0.2) is 74.9 Å². The molecule has 2 rings (SSSR count). The molecular weight excluding hydrogens is 238 g/mol. The summed E-state index contributed by atoms with van der Waals surface area (Å²) in [5, 5.41) is 3.70. The van der Waals surface area contributed by atoms with Crippen molar-refractivity contribution in [2.75, 3.05) is 46.9 Å². The summed E-state index contributed by atoms with van der Waals surface area (Å²) in [7, 11) is 4.51. The van der Waals surface area contributed by atoms with Crippen LogP contribution in [0.2, 0.25) is 0 Å². The summed E-state index contributed by atoms with van der Waals surface area (Å²) in [4.78, 5) is 4.99. The third-order valence-corrected chi connectivity index (χ3v) is 4.65. The Bertz CT molecular complexity index is 256. The summed E-state index contributed by atoms with van der Waals surface area (Å²) in [6.07, 6.45) is 5.49. The summed E-state index contributed by atoms with van der Waals surface area (Å²) in [6, 6.07) is 1.24. The van der Waals surface area contributed by atoms with Gasteiger partial charge in [0.1, 0.15) is 0 Å². The molecule has 2 heterocycles. The quantitative estimate of drug-likeness (QED) is 0.783. The van der Waals surface area contributed by atoms with E-state index in [-0.39, 0.29) is 0 Å². The second-order valence-electron chi connectivity index (χ2n) is 6.19. The van der Waals surface area contributed by atoms with Crippen LogP contribution in [0.1, 0.15) is 32.6 Å². The number of likely N-dealkylation sites (N-methyl/N-ethyl adjacent to an activating group) is 3. The second-order valence-corrected chi connectivity index (χ2v) is 6.19. The number of hydrogen-bond acceptors (Lipinski definition) is 4. The molecule has 0 spiro atoms. The standard InChI is InChI=1S/C15H31N3O/c1-4-16-14(8-7-13-6-5-11-19-13)15-12-17(2)9-10-18(15)3/h13-16H,4-12H2,1-3H3. The molecule has 2 aliphatic heterocycles. The Morgan fingerprint density at radius 3 is 2.84 bits per heavy atom. The highest BCUT2D eigenvalue weighted by molar-refractivity contribution is 4.89. The zero-order valence-electron chi connectivity index (χ0n) is 12.9. The van der Waals surface area contributed by atoms with Gasteiger partial charge in [-0.2, -0.15) is 0 Å². The molecular formula is C15H31N3O. The van der Waals surface area contributed by atoms with E-state index in [0.717, 1.165) is 13.2 Å². The Kier molecular flexibility index (Phi) is 6.07. The summed E-state index contributed by atoms with van der Waals surface area (Å²) >= 11 is 0. The van der Waals surface area contributed by atoms with Gasteiger partial charge in [-0.15, -0.1) is 0 Å². The molecule has 112 valence electrons. The smallest absolute Gasteiger partial charge is 0.0576 e. The summed E-state index contributed by atoms with van der Waals surface area (Å²) in [5.41, 5.74) is 0. The number of ether oxygens (including phenoxy) is 1. The van der Waals surface area contributed by atoms with Gasteiger partial charge in [0.25, 0.3) is 0 Å². The summed E-state index contributed by atoms with van der Waals surface area (Å²) in [6.45, 7) is 7.80. The van der Waals surface area contributed by atoms with Crippen molar-refractivity contribution in [3.05, 3.63) is 0 Å². The van der Waals surface area contributed by atoms with E-state index in [1.165, 1.54) is 45.3 Å². The lowest BCUT2D eigenvalue weighted by Gasteiger charge is -2.42. The number of hydrogen-bond donors (Lipinski definition) is 1. The van der Waals surface area contributed by atoms with Crippen LogP contribution in [0.4, 0.5) is 0 Å². The minimum atomic E-state index is 0.521. The predicted molar refractivity (Wildman–Crippen MR) is 79.6 cm³/mol. The van der Waals surface area contributed by atoms with E-state index in [2.05, 4.69) is 36.1 Å². The van der Waals surface area contributed by atoms with Crippen molar-refractivity contribution in [3.8, 4) is 0 Å². The maximum absolute atomic E-state index is 5.76. The molecule has 0 aromatic carbocycles. The fraction of sp³-hybridized carbons (Fsp3) is 1.00. The van der Waals surface area contributed by atoms with Gasteiger partial charge in [-0.05, 0) is 46.3 Å². The van der Waals surface area contributed by atoms with Crippen molar-refractivity contribution in [2.45, 2.75) is 50.8 Å². The number of nitrogens with zero attached hydrogens (tertiary/aromatic N) is 2. The molecule has 4 heteroatoms. The normalized spacial score (nSPS) is 31.7. The van der Waals surface area contributed by atoms with E-state index in [1.807, 2.05) is 0 Å². The topological polar surface area (TPSA) is 27.7 Å². The van der Waals surface area contributed by atoms with Gasteiger partial charge in [0, 0.05) is 38.3 Å². The van der Waals surface area contributed by atoms with Gasteiger partial charge in [0.15, 0.2) is 0 Å². The molecule has 3 unspecified atom stereocenters. The third-order valence-electron chi connectivity index (χ3n) is 4.65. The second kappa shape index (κ2) is 7.58. The number of rotatable bonds is 6. The van der Waals surface area contributed by atoms with E-state index in [4.69, 9.17) is 4.74 Å². The first-order valence-corrected chi connectivity index (χ1v) is 7.94. The fourth-order valence-electron chi connectivity index (χ4n) is 3.41. The van der Waals surface area contributed by atoms with Gasteiger partial charge in [0.2, 0.25) is 0 Å². The van der Waals surface area contributed by atoms with Crippen LogP contribution in [0.15, 0.2) is 0 Å². The first-order chi connectivity index (χ1) is 9.20. The van der Waals surface area contributed by atoms with Crippen LogP contribution >= 0.6 is 0 Å². The highest BCUT2D eigenvalue weighted by atomic mass is 16.5. The van der Waals surface area contributed by atoms with Crippen LogP contribution in [0.5, 0.6) is 0 Å². The van der Waals surface area contributed by atoms with Crippen molar-refractivity contribution in [1.82, 2.24) is 15.1 Å². The predicted octanol–water partition coefficient (Wildman–Crippen LogP) is 1.17. The van der Waals surface area contributed by atoms with Crippen molar-refractivity contribution in [2.24, 2.45) is 0 Å². The molecule has 0 aromatic rings. The average molecular weight is 269 g/mol. The van der Waals surface area contributed by atoms with Crippen molar-refractivity contribution < 1.29 is 4.74 Å². The van der Waals surface area contributed by atoms with E-state index >= 15 is 0 Å². The molecule has 3 atom stereocenters. The molecule has 0 aromatic heterocycles. The summed E-state index contributed by atoms with van der Waals surface area (Å²) in [5.74, 6) is 0. The largest absolute Gasteiger partial charge is 0.378 e. The van der Waals surface area contributed by atoms with Crippen LogP contribution in [0.3, 0.4) is 0 Å². The van der Waals surface area contributed by atoms with Crippen molar-refractivity contribution in [1.29, 1.82) is 0 Å². The van der Waals surface area contributed by atoms with E-state index in [9.17, 15) is 0 Å². The first-order valence-electron chi connectivity index (χ1n) is 7.94. The lowest BCUT2D eigenvalue weighted by atomic mass is 9.97. The van der Waals surface area contributed by atoms with Gasteiger partial charge in [-0.1, -0.05) is 6.92 Å². The Balaban J connectivity index is 1.85. The van der Waals surface area contributed by atoms with Gasteiger partial charge in [-0.25, -0.2) is 0 Å². The van der Waals surface area contributed by atoms with E-state index in [1.54, 1.807) is 0 Å². The lowest BCUT2D eigenvalue weighted by Crippen LogP contribution is -2.58. The number of nitrogens with one attached hydrogen (secondary N) is 1. The lowest BCUT2D eigenvalue weighted by molar-refractivity contribution is 0.0693. The minimum Gasteiger partial charge on any atom is -0.378 e. The highest BCUT2D eigenvalue weighted by Crippen LogP contribution is 2.20. The molecule has 0 radical (unpaired) electrons.